The summed E-state index contributed by atoms with van der Waals surface area (Å²) in [4.78, 5) is 13.0. The lowest BCUT2D eigenvalue weighted by Crippen LogP contribution is -2.06. The number of nitrogens with zero attached hydrogens (tertiary/aromatic N) is 3. The van der Waals surface area contributed by atoms with Crippen LogP contribution < -0.4 is 5.73 Å². The molecule has 0 radical (unpaired) electrons. The topological polar surface area (TPSA) is 91.8 Å². The molecule has 68 valence electrons. The zero-order valence-electron chi connectivity index (χ0n) is 7.14. The van der Waals surface area contributed by atoms with Gasteiger partial charge >= 0.3 is 0 Å². The lowest BCUT2D eigenvalue weighted by molar-refractivity contribution is -0.112. The van der Waals surface area contributed by atoms with E-state index in [1.165, 1.54) is 0 Å². The molecule has 0 saturated heterocycles. The van der Waals surface area contributed by atoms with E-state index < -0.39 is 5.91 Å². The Bertz CT molecular complexity index is 463. The van der Waals surface area contributed by atoms with Crippen molar-refractivity contribution in [3.8, 4) is 11.8 Å². The molecule has 0 bridgehead atoms. The molecular weight excluding hydrogens is 180 g/mol. The van der Waals surface area contributed by atoms with Crippen molar-refractivity contribution in [3.63, 3.8) is 0 Å². The summed E-state index contributed by atoms with van der Waals surface area (Å²) >= 11 is 0. The fourth-order valence-electron chi connectivity index (χ4n) is 0.844. The molecule has 1 amide bonds. The van der Waals surface area contributed by atoms with Crippen LogP contribution in [0.4, 0.5) is 5.69 Å². The fraction of sp³-hybridized carbons (Fsp3) is 0. The van der Waals surface area contributed by atoms with E-state index in [0.717, 1.165) is 0 Å². The summed E-state index contributed by atoms with van der Waals surface area (Å²) in [5, 5.41) is 3.41. The minimum atomic E-state index is -0.722. The Balaban J connectivity index is 3.15. The Morgan fingerprint density at radius 2 is 2.21 bits per heavy atom. The second kappa shape index (κ2) is 4.55. The Labute approximate surface area is 80.2 Å². The molecule has 5 heteroatoms. The number of carbonyl (C=O) groups is 1. The predicted molar refractivity (Wildman–Crippen MR) is 51.3 cm³/mol. The van der Waals surface area contributed by atoms with Crippen molar-refractivity contribution in [1.82, 2.24) is 0 Å². The molecule has 0 spiro atoms. The Morgan fingerprint density at radius 3 is 2.86 bits per heavy atom. The Kier molecular flexibility index (Phi) is 3.14. The minimum Gasteiger partial charge on any atom is -0.359 e. The molecule has 0 unspecified atom stereocenters. The molecule has 0 aliphatic rings. The van der Waals surface area contributed by atoms with E-state index in [0.29, 0.717) is 11.3 Å². The first-order chi connectivity index (χ1) is 6.74. The Hall–Kier alpha value is -2.44. The van der Waals surface area contributed by atoms with Crippen LogP contribution in [0, 0.1) is 11.8 Å². The van der Waals surface area contributed by atoms with Crippen molar-refractivity contribution in [2.24, 2.45) is 10.8 Å². The van der Waals surface area contributed by atoms with Gasteiger partial charge in [-0.2, -0.15) is 0 Å². The average molecular weight is 186 g/mol. The zero-order valence-corrected chi connectivity index (χ0v) is 7.14. The number of primary amides is 1. The number of hydrogen-bond acceptors (Lipinski definition) is 2. The second-order valence-corrected chi connectivity index (χ2v) is 2.32. The van der Waals surface area contributed by atoms with Gasteiger partial charge in [0.15, 0.2) is 0 Å². The van der Waals surface area contributed by atoms with Crippen molar-refractivity contribution in [1.29, 1.82) is 0 Å². The number of azide groups is 1. The molecule has 0 aliphatic heterocycles. The zero-order chi connectivity index (χ0) is 10.4. The van der Waals surface area contributed by atoms with E-state index in [2.05, 4.69) is 21.9 Å². The van der Waals surface area contributed by atoms with Crippen LogP contribution in [0.2, 0.25) is 0 Å². The first kappa shape index (κ1) is 9.65. The van der Waals surface area contributed by atoms with Crippen LogP contribution in [0.1, 0.15) is 5.56 Å². The third-order valence-electron chi connectivity index (χ3n) is 1.38. The molecule has 5 nitrogen and oxygen atoms in total. The number of carbonyl (C=O) groups excluding carboxylic acids is 1. The van der Waals surface area contributed by atoms with Gasteiger partial charge in [0, 0.05) is 10.5 Å². The molecule has 1 aromatic rings. The van der Waals surface area contributed by atoms with Crippen molar-refractivity contribution in [3.05, 3.63) is 40.3 Å². The maximum Gasteiger partial charge on any atom is 0.293 e. The molecule has 1 aromatic carbocycles. The predicted octanol–water partition coefficient (Wildman–Crippen LogP) is 1.47. The minimum absolute atomic E-state index is 0.378. The quantitative estimate of drug-likeness (QED) is 0.306. The monoisotopic (exact) mass is 186 g/mol. The molecule has 0 fully saturated rings. The SMILES string of the molecule is [N-]=[N+]=Nc1ccccc1C#CC(N)=O. The maximum absolute atomic E-state index is 10.4. The fourth-order valence-corrected chi connectivity index (χ4v) is 0.844. The molecule has 2 N–H and O–H groups in total. The highest BCUT2D eigenvalue weighted by Crippen LogP contribution is 2.17. The molecule has 0 saturated carbocycles. The van der Waals surface area contributed by atoms with E-state index >= 15 is 0 Å². The molecule has 14 heavy (non-hydrogen) atoms. The van der Waals surface area contributed by atoms with Crippen LogP contribution in [0.3, 0.4) is 0 Å². The summed E-state index contributed by atoms with van der Waals surface area (Å²) in [5.74, 6) is 3.95. The van der Waals surface area contributed by atoms with Gasteiger partial charge in [-0.15, -0.1) is 0 Å². The van der Waals surface area contributed by atoms with E-state index in [1.807, 2.05) is 0 Å². The number of rotatable bonds is 1. The summed E-state index contributed by atoms with van der Waals surface area (Å²) in [7, 11) is 0. The van der Waals surface area contributed by atoms with Crippen molar-refractivity contribution >= 4 is 11.6 Å². The van der Waals surface area contributed by atoms with Gasteiger partial charge in [-0.1, -0.05) is 29.2 Å². The van der Waals surface area contributed by atoms with Gasteiger partial charge in [-0.05, 0) is 17.5 Å². The smallest absolute Gasteiger partial charge is 0.293 e. The third-order valence-corrected chi connectivity index (χ3v) is 1.38. The van der Waals surface area contributed by atoms with E-state index in [9.17, 15) is 4.79 Å². The van der Waals surface area contributed by atoms with Gasteiger partial charge in [0.05, 0.1) is 5.69 Å². The summed E-state index contributed by atoms with van der Waals surface area (Å²) in [6, 6.07) is 6.67. The molecular formula is C9H6N4O. The average Bonchev–Trinajstić information content (AvgIpc) is 2.17. The standard InChI is InChI=1S/C9H6N4O/c10-9(14)6-5-7-3-1-2-4-8(7)12-13-11/h1-4H,(H2,10,14). The molecule has 1 rings (SSSR count). The number of hydrogen-bond donors (Lipinski definition) is 1. The van der Waals surface area contributed by atoms with Crippen LogP contribution in [0.25, 0.3) is 10.4 Å². The van der Waals surface area contributed by atoms with Crippen LogP contribution in [-0.2, 0) is 4.79 Å². The highest BCUT2D eigenvalue weighted by Gasteiger charge is 1.94. The Morgan fingerprint density at radius 1 is 1.50 bits per heavy atom. The lowest BCUT2D eigenvalue weighted by Gasteiger charge is -1.93. The second-order valence-electron chi connectivity index (χ2n) is 2.32. The van der Waals surface area contributed by atoms with Crippen molar-refractivity contribution in [2.75, 3.05) is 0 Å². The number of benzene rings is 1. The first-order valence-corrected chi connectivity index (χ1v) is 3.69. The number of nitrogens with two attached hydrogens (primary N) is 1. The van der Waals surface area contributed by atoms with E-state index in [4.69, 9.17) is 11.3 Å². The van der Waals surface area contributed by atoms with Crippen LogP contribution in [0.5, 0.6) is 0 Å². The molecule has 0 heterocycles. The third kappa shape index (κ3) is 2.55. The van der Waals surface area contributed by atoms with Crippen LogP contribution in [0.15, 0.2) is 29.4 Å². The highest BCUT2D eigenvalue weighted by atomic mass is 16.1. The molecule has 0 aliphatic carbocycles. The van der Waals surface area contributed by atoms with Crippen LogP contribution >= 0.6 is 0 Å². The van der Waals surface area contributed by atoms with E-state index in [1.54, 1.807) is 24.3 Å². The first-order valence-electron chi connectivity index (χ1n) is 3.69. The van der Waals surface area contributed by atoms with Crippen molar-refractivity contribution in [2.45, 2.75) is 0 Å². The normalized spacial score (nSPS) is 8.00. The van der Waals surface area contributed by atoms with E-state index in [-0.39, 0.29) is 0 Å². The van der Waals surface area contributed by atoms with Gasteiger partial charge in [-0.3, -0.25) is 4.79 Å². The summed E-state index contributed by atoms with van der Waals surface area (Å²) in [6.45, 7) is 0. The summed E-state index contributed by atoms with van der Waals surface area (Å²) in [6.07, 6.45) is 0. The number of amides is 1. The van der Waals surface area contributed by atoms with Gasteiger partial charge in [0.1, 0.15) is 0 Å². The van der Waals surface area contributed by atoms with Crippen molar-refractivity contribution < 1.29 is 4.79 Å². The highest BCUT2D eigenvalue weighted by molar-refractivity contribution is 5.92. The summed E-state index contributed by atoms with van der Waals surface area (Å²) in [5.41, 5.74) is 13.9. The molecule has 0 atom stereocenters. The van der Waals surface area contributed by atoms with Crippen LogP contribution in [-0.4, -0.2) is 5.91 Å². The van der Waals surface area contributed by atoms with Gasteiger partial charge in [0.25, 0.3) is 5.91 Å². The lowest BCUT2D eigenvalue weighted by atomic mass is 10.2. The van der Waals surface area contributed by atoms with Gasteiger partial charge in [0.2, 0.25) is 0 Å². The maximum atomic E-state index is 10.4. The largest absolute Gasteiger partial charge is 0.359 e. The van der Waals surface area contributed by atoms with Gasteiger partial charge in [-0.25, -0.2) is 0 Å². The summed E-state index contributed by atoms with van der Waals surface area (Å²) < 4.78 is 0. The molecule has 0 aromatic heterocycles. The van der Waals surface area contributed by atoms with Gasteiger partial charge < -0.3 is 5.73 Å².